The summed E-state index contributed by atoms with van der Waals surface area (Å²) in [6.45, 7) is 0. The monoisotopic (exact) mass is 352 g/mol. The highest BCUT2D eigenvalue weighted by atomic mass is 79.9. The molecule has 17 heavy (non-hydrogen) atoms. The molecule has 2 aromatic rings. The summed E-state index contributed by atoms with van der Waals surface area (Å²) in [7, 11) is 0. The van der Waals surface area contributed by atoms with Crippen molar-refractivity contribution in [1.29, 1.82) is 0 Å². The Labute approximate surface area is 120 Å². The van der Waals surface area contributed by atoms with Crippen LogP contribution in [0.4, 0.5) is 11.6 Å². The van der Waals surface area contributed by atoms with Gasteiger partial charge in [-0.05, 0) is 57.3 Å². The quantitative estimate of drug-likeness (QED) is 0.872. The zero-order valence-corrected chi connectivity index (χ0v) is 11.9. The van der Waals surface area contributed by atoms with Gasteiger partial charge in [-0.1, -0.05) is 11.6 Å². The first-order valence-electron chi connectivity index (χ1n) is 4.34. The summed E-state index contributed by atoms with van der Waals surface area (Å²) in [5, 5.41) is 3.54. The van der Waals surface area contributed by atoms with Crippen LogP contribution < -0.4 is 5.32 Å². The maximum atomic E-state index is 5.95. The van der Waals surface area contributed by atoms with Gasteiger partial charge in [0, 0.05) is 10.2 Å². The predicted octanol–water partition coefficient (Wildman–Crippen LogP) is 4.34. The molecule has 0 amide bonds. The Hall–Kier alpha value is -0.620. The molecule has 0 saturated carbocycles. The first-order valence-corrected chi connectivity index (χ1v) is 6.26. The van der Waals surface area contributed by atoms with Crippen molar-refractivity contribution in [2.24, 2.45) is 0 Å². The summed E-state index contributed by atoms with van der Waals surface area (Å²) < 4.78 is 0.802. The lowest BCUT2D eigenvalue weighted by atomic mass is 10.3. The Morgan fingerprint density at radius 3 is 2.24 bits per heavy atom. The van der Waals surface area contributed by atoms with E-state index in [0.717, 1.165) is 10.2 Å². The van der Waals surface area contributed by atoms with E-state index in [4.69, 9.17) is 34.8 Å². The second-order valence-corrected chi connectivity index (χ2v) is 4.89. The number of nitrogens with zero attached hydrogens (tertiary/aromatic N) is 3. The highest BCUT2D eigenvalue weighted by Crippen LogP contribution is 2.26. The molecule has 1 aromatic carbocycles. The number of rotatable bonds is 2. The average Bonchev–Trinajstić information content (AvgIpc) is 2.22. The molecule has 1 N–H and O–H groups in total. The second-order valence-electron chi connectivity index (χ2n) is 2.95. The molecule has 0 fully saturated rings. The number of benzene rings is 1. The minimum absolute atomic E-state index is 0.0238. The number of nitrogens with one attached hydrogen (secondary N) is 1. The Kier molecular flexibility index (Phi) is 4.04. The molecule has 8 heteroatoms. The van der Waals surface area contributed by atoms with E-state index < -0.39 is 0 Å². The van der Waals surface area contributed by atoms with Gasteiger partial charge in [0.25, 0.3) is 0 Å². The number of halogens is 4. The van der Waals surface area contributed by atoms with E-state index in [0.29, 0.717) is 5.02 Å². The summed E-state index contributed by atoms with van der Waals surface area (Å²) in [4.78, 5) is 11.4. The fourth-order valence-corrected chi connectivity index (χ4v) is 1.88. The number of hydrogen-bond acceptors (Lipinski definition) is 4. The molecular formula is C9H4BrCl3N4. The molecule has 0 aliphatic rings. The first-order chi connectivity index (χ1) is 8.04. The Morgan fingerprint density at radius 2 is 1.65 bits per heavy atom. The summed E-state index contributed by atoms with van der Waals surface area (Å²) in [6.07, 6.45) is 0. The van der Waals surface area contributed by atoms with Crippen molar-refractivity contribution in [3.05, 3.63) is 38.3 Å². The molecular weight excluding hydrogens is 350 g/mol. The van der Waals surface area contributed by atoms with Crippen LogP contribution in [-0.4, -0.2) is 15.0 Å². The van der Waals surface area contributed by atoms with Crippen molar-refractivity contribution in [2.75, 3.05) is 5.32 Å². The minimum Gasteiger partial charge on any atom is -0.324 e. The van der Waals surface area contributed by atoms with Gasteiger partial charge < -0.3 is 5.32 Å². The van der Waals surface area contributed by atoms with Gasteiger partial charge in [0.15, 0.2) is 0 Å². The van der Waals surface area contributed by atoms with Crippen LogP contribution >= 0.6 is 50.7 Å². The summed E-state index contributed by atoms with van der Waals surface area (Å²) >= 11 is 20.6. The van der Waals surface area contributed by atoms with Crippen molar-refractivity contribution in [1.82, 2.24) is 15.0 Å². The van der Waals surface area contributed by atoms with Gasteiger partial charge in [-0.2, -0.15) is 15.0 Å². The number of hydrogen-bond donors (Lipinski definition) is 1. The highest BCUT2D eigenvalue weighted by Gasteiger charge is 2.04. The van der Waals surface area contributed by atoms with Crippen LogP contribution in [0.3, 0.4) is 0 Å². The van der Waals surface area contributed by atoms with E-state index in [9.17, 15) is 0 Å². The lowest BCUT2D eigenvalue weighted by Gasteiger charge is -2.05. The maximum absolute atomic E-state index is 5.95. The smallest absolute Gasteiger partial charge is 0.232 e. The molecule has 88 valence electrons. The van der Waals surface area contributed by atoms with E-state index in [2.05, 4.69) is 36.2 Å². The fraction of sp³-hybridized carbons (Fsp3) is 0. The van der Waals surface area contributed by atoms with Crippen molar-refractivity contribution in [3.63, 3.8) is 0 Å². The van der Waals surface area contributed by atoms with Crippen LogP contribution in [0.1, 0.15) is 0 Å². The molecule has 0 atom stereocenters. The van der Waals surface area contributed by atoms with Crippen LogP contribution in [0, 0.1) is 0 Å². The van der Waals surface area contributed by atoms with E-state index in [1.165, 1.54) is 0 Å². The predicted molar refractivity (Wildman–Crippen MR) is 72.3 cm³/mol. The van der Waals surface area contributed by atoms with Crippen molar-refractivity contribution in [3.8, 4) is 0 Å². The summed E-state index contributed by atoms with van der Waals surface area (Å²) in [5.74, 6) is 0.258. The maximum Gasteiger partial charge on any atom is 0.232 e. The van der Waals surface area contributed by atoms with E-state index in [-0.39, 0.29) is 16.5 Å². The molecule has 0 spiro atoms. The lowest BCUT2D eigenvalue weighted by molar-refractivity contribution is 1.05. The standard InChI is InChI=1S/C9H4BrCl3N4/c10-5-2-1-4(3-6(5)11)14-9-16-7(12)15-8(13)17-9/h1-3H,(H,14,15,16,17). The largest absolute Gasteiger partial charge is 0.324 e. The normalized spacial score (nSPS) is 10.4. The molecule has 0 radical (unpaired) electrons. The third-order valence-corrected chi connectivity index (χ3v) is 3.33. The van der Waals surface area contributed by atoms with Gasteiger partial charge in [-0.15, -0.1) is 0 Å². The molecule has 1 aromatic heterocycles. The topological polar surface area (TPSA) is 50.7 Å². The highest BCUT2D eigenvalue weighted by molar-refractivity contribution is 9.10. The van der Waals surface area contributed by atoms with Crippen molar-refractivity contribution in [2.45, 2.75) is 0 Å². The van der Waals surface area contributed by atoms with Crippen molar-refractivity contribution < 1.29 is 0 Å². The van der Waals surface area contributed by atoms with E-state index >= 15 is 0 Å². The molecule has 2 rings (SSSR count). The molecule has 0 aliphatic heterocycles. The molecule has 0 unspecified atom stereocenters. The van der Waals surface area contributed by atoms with Crippen LogP contribution in [0.15, 0.2) is 22.7 Å². The number of anilines is 2. The summed E-state index contributed by atoms with van der Waals surface area (Å²) in [5.41, 5.74) is 0.719. The Balaban J connectivity index is 2.28. The molecule has 0 bridgehead atoms. The van der Waals surface area contributed by atoms with Crippen LogP contribution in [0.25, 0.3) is 0 Å². The summed E-state index contributed by atoms with van der Waals surface area (Å²) in [6, 6.07) is 5.33. The van der Waals surface area contributed by atoms with Gasteiger partial charge in [0.1, 0.15) is 0 Å². The third-order valence-electron chi connectivity index (χ3n) is 1.76. The van der Waals surface area contributed by atoms with E-state index in [1.54, 1.807) is 12.1 Å². The molecule has 4 nitrogen and oxygen atoms in total. The average molecular weight is 354 g/mol. The zero-order valence-electron chi connectivity index (χ0n) is 8.09. The minimum atomic E-state index is 0.0238. The first kappa shape index (κ1) is 12.8. The van der Waals surface area contributed by atoms with Crippen LogP contribution in [0.5, 0.6) is 0 Å². The van der Waals surface area contributed by atoms with Gasteiger partial charge >= 0.3 is 0 Å². The van der Waals surface area contributed by atoms with Crippen LogP contribution in [0.2, 0.25) is 15.6 Å². The van der Waals surface area contributed by atoms with Crippen LogP contribution in [-0.2, 0) is 0 Å². The van der Waals surface area contributed by atoms with Crippen molar-refractivity contribution >= 4 is 62.4 Å². The second kappa shape index (κ2) is 5.35. The molecule has 0 saturated heterocycles. The Bertz CT molecular complexity index is 544. The van der Waals surface area contributed by atoms with Gasteiger partial charge in [-0.25, -0.2) is 0 Å². The third kappa shape index (κ3) is 3.42. The zero-order chi connectivity index (χ0) is 12.4. The SMILES string of the molecule is Clc1nc(Cl)nc(Nc2ccc(Br)c(Cl)c2)n1. The molecule has 0 aliphatic carbocycles. The fourth-order valence-electron chi connectivity index (χ4n) is 1.08. The molecule has 1 heterocycles. The number of aromatic nitrogens is 3. The van der Waals surface area contributed by atoms with Gasteiger partial charge in [0.2, 0.25) is 16.5 Å². The Morgan fingerprint density at radius 1 is 1.00 bits per heavy atom. The van der Waals surface area contributed by atoms with E-state index in [1.807, 2.05) is 6.07 Å². The van der Waals surface area contributed by atoms with Gasteiger partial charge in [0.05, 0.1) is 5.02 Å². The van der Waals surface area contributed by atoms with Gasteiger partial charge in [-0.3, -0.25) is 0 Å². The lowest BCUT2D eigenvalue weighted by Crippen LogP contribution is -1.99.